The van der Waals surface area contributed by atoms with E-state index in [1.54, 1.807) is 30.3 Å². The van der Waals surface area contributed by atoms with Gasteiger partial charge in [-0.25, -0.2) is 0 Å². The molecule has 1 amide bonds. The number of thiophene rings is 1. The standard InChI is InChI=1S/C12H10ClNO2S/c13-11-6-5-10(17-11)12(16)14-9-4-2-1-3-8(9)7-15/h1-6,15H,7H2,(H,14,16). The van der Waals surface area contributed by atoms with Gasteiger partial charge in [0.25, 0.3) is 5.91 Å². The van der Waals surface area contributed by atoms with E-state index in [0.29, 0.717) is 20.5 Å². The van der Waals surface area contributed by atoms with Gasteiger partial charge in [0.05, 0.1) is 15.8 Å². The van der Waals surface area contributed by atoms with Crippen LogP contribution in [-0.2, 0) is 6.61 Å². The summed E-state index contributed by atoms with van der Waals surface area (Å²) in [6.07, 6.45) is 0. The van der Waals surface area contributed by atoms with Crippen molar-refractivity contribution in [1.29, 1.82) is 0 Å². The van der Waals surface area contributed by atoms with Crippen molar-refractivity contribution in [2.75, 3.05) is 5.32 Å². The maximum absolute atomic E-state index is 11.9. The number of benzene rings is 1. The number of carbonyl (C=O) groups is 1. The van der Waals surface area contributed by atoms with Crippen molar-refractivity contribution in [1.82, 2.24) is 0 Å². The molecular weight excluding hydrogens is 258 g/mol. The zero-order chi connectivity index (χ0) is 12.3. The lowest BCUT2D eigenvalue weighted by Crippen LogP contribution is -2.11. The van der Waals surface area contributed by atoms with Crippen LogP contribution in [0.15, 0.2) is 36.4 Å². The summed E-state index contributed by atoms with van der Waals surface area (Å²) in [6, 6.07) is 10.5. The van der Waals surface area contributed by atoms with E-state index in [0.717, 1.165) is 0 Å². The lowest BCUT2D eigenvalue weighted by molar-refractivity contribution is 0.103. The largest absolute Gasteiger partial charge is 0.392 e. The molecule has 0 radical (unpaired) electrons. The molecule has 0 aliphatic heterocycles. The minimum absolute atomic E-state index is 0.109. The fourth-order valence-corrected chi connectivity index (χ4v) is 2.34. The molecule has 0 bridgehead atoms. The SMILES string of the molecule is O=C(Nc1ccccc1CO)c1ccc(Cl)s1. The topological polar surface area (TPSA) is 49.3 Å². The number of aliphatic hydroxyl groups is 1. The van der Waals surface area contributed by atoms with E-state index in [9.17, 15) is 4.79 Å². The van der Waals surface area contributed by atoms with Gasteiger partial charge in [0, 0.05) is 11.3 Å². The van der Waals surface area contributed by atoms with E-state index in [-0.39, 0.29) is 12.5 Å². The minimum atomic E-state index is -0.220. The lowest BCUT2D eigenvalue weighted by Gasteiger charge is -2.07. The van der Waals surface area contributed by atoms with Crippen LogP contribution in [0.3, 0.4) is 0 Å². The first-order valence-corrected chi connectivity index (χ1v) is 6.15. The summed E-state index contributed by atoms with van der Waals surface area (Å²) < 4.78 is 0.575. The number of aliphatic hydroxyl groups excluding tert-OH is 1. The highest BCUT2D eigenvalue weighted by Crippen LogP contribution is 2.23. The van der Waals surface area contributed by atoms with Gasteiger partial charge >= 0.3 is 0 Å². The maximum atomic E-state index is 11.9. The van der Waals surface area contributed by atoms with Gasteiger partial charge in [-0.15, -0.1) is 11.3 Å². The molecule has 0 aliphatic rings. The van der Waals surface area contributed by atoms with Gasteiger partial charge < -0.3 is 10.4 Å². The van der Waals surface area contributed by atoms with Crippen LogP contribution in [0.5, 0.6) is 0 Å². The Morgan fingerprint density at radius 2 is 2.06 bits per heavy atom. The molecule has 1 aromatic carbocycles. The number of hydrogen-bond acceptors (Lipinski definition) is 3. The van der Waals surface area contributed by atoms with Gasteiger partial charge in [-0.05, 0) is 18.2 Å². The van der Waals surface area contributed by atoms with Gasteiger partial charge in [-0.2, -0.15) is 0 Å². The Balaban J connectivity index is 2.18. The highest BCUT2D eigenvalue weighted by atomic mass is 35.5. The minimum Gasteiger partial charge on any atom is -0.392 e. The first kappa shape index (κ1) is 12.1. The van der Waals surface area contributed by atoms with Crippen molar-refractivity contribution in [3.05, 3.63) is 51.2 Å². The lowest BCUT2D eigenvalue weighted by atomic mass is 10.2. The van der Waals surface area contributed by atoms with E-state index in [1.165, 1.54) is 11.3 Å². The Bertz CT molecular complexity index is 539. The fraction of sp³-hybridized carbons (Fsp3) is 0.0833. The number of amides is 1. The van der Waals surface area contributed by atoms with Crippen LogP contribution < -0.4 is 5.32 Å². The predicted molar refractivity (Wildman–Crippen MR) is 69.6 cm³/mol. The van der Waals surface area contributed by atoms with Crippen molar-refractivity contribution in [2.24, 2.45) is 0 Å². The van der Waals surface area contributed by atoms with Crippen LogP contribution in [-0.4, -0.2) is 11.0 Å². The zero-order valence-corrected chi connectivity index (χ0v) is 10.4. The molecule has 0 fully saturated rings. The molecule has 1 heterocycles. The van der Waals surface area contributed by atoms with Crippen LogP contribution in [0, 0.1) is 0 Å². The van der Waals surface area contributed by atoms with E-state index in [1.807, 2.05) is 6.07 Å². The van der Waals surface area contributed by atoms with Crippen molar-refractivity contribution in [3.63, 3.8) is 0 Å². The van der Waals surface area contributed by atoms with Crippen molar-refractivity contribution in [3.8, 4) is 0 Å². The number of para-hydroxylation sites is 1. The molecule has 0 spiro atoms. The molecule has 0 aliphatic carbocycles. The highest BCUT2D eigenvalue weighted by Gasteiger charge is 2.10. The molecule has 2 rings (SSSR count). The number of hydrogen-bond donors (Lipinski definition) is 2. The maximum Gasteiger partial charge on any atom is 0.265 e. The summed E-state index contributed by atoms with van der Waals surface area (Å²) in [6.45, 7) is -0.109. The average Bonchev–Trinajstić information content (AvgIpc) is 2.77. The van der Waals surface area contributed by atoms with E-state index in [2.05, 4.69) is 5.32 Å². The Morgan fingerprint density at radius 1 is 1.29 bits per heavy atom. The summed E-state index contributed by atoms with van der Waals surface area (Å²) >= 11 is 6.98. The van der Waals surface area contributed by atoms with Crippen LogP contribution in [0.25, 0.3) is 0 Å². The number of anilines is 1. The van der Waals surface area contributed by atoms with Crippen LogP contribution in [0.2, 0.25) is 4.34 Å². The van der Waals surface area contributed by atoms with Crippen molar-refractivity contribution >= 4 is 34.5 Å². The summed E-state index contributed by atoms with van der Waals surface area (Å²) in [7, 11) is 0. The molecular formula is C12H10ClNO2S. The summed E-state index contributed by atoms with van der Waals surface area (Å²) in [5.41, 5.74) is 1.30. The number of rotatable bonds is 3. The monoisotopic (exact) mass is 267 g/mol. The van der Waals surface area contributed by atoms with E-state index in [4.69, 9.17) is 16.7 Å². The molecule has 2 aromatic rings. The van der Waals surface area contributed by atoms with E-state index < -0.39 is 0 Å². The van der Waals surface area contributed by atoms with Crippen LogP contribution >= 0.6 is 22.9 Å². The summed E-state index contributed by atoms with van der Waals surface area (Å²) in [4.78, 5) is 12.4. The molecule has 88 valence electrons. The second kappa shape index (κ2) is 5.31. The smallest absolute Gasteiger partial charge is 0.265 e. The third-order valence-corrected chi connectivity index (χ3v) is 3.46. The number of halogens is 1. The van der Waals surface area contributed by atoms with Gasteiger partial charge in [0.2, 0.25) is 0 Å². The quantitative estimate of drug-likeness (QED) is 0.898. The van der Waals surface area contributed by atoms with Crippen molar-refractivity contribution in [2.45, 2.75) is 6.61 Å². The molecule has 0 saturated heterocycles. The Labute approximate surface area is 108 Å². The van der Waals surface area contributed by atoms with Crippen LogP contribution in [0.4, 0.5) is 5.69 Å². The molecule has 5 heteroatoms. The predicted octanol–water partition coefficient (Wildman–Crippen LogP) is 3.15. The normalized spacial score (nSPS) is 10.2. The molecule has 3 nitrogen and oxygen atoms in total. The molecule has 0 saturated carbocycles. The third kappa shape index (κ3) is 2.85. The molecule has 0 unspecified atom stereocenters. The fourth-order valence-electron chi connectivity index (χ4n) is 1.40. The Morgan fingerprint density at radius 3 is 2.71 bits per heavy atom. The van der Waals surface area contributed by atoms with Crippen LogP contribution in [0.1, 0.15) is 15.2 Å². The number of carbonyl (C=O) groups excluding carboxylic acids is 1. The summed E-state index contributed by atoms with van der Waals surface area (Å²) in [5, 5.41) is 11.9. The van der Waals surface area contributed by atoms with Gasteiger partial charge in [-0.3, -0.25) is 4.79 Å². The Kier molecular flexibility index (Phi) is 3.78. The molecule has 1 aromatic heterocycles. The van der Waals surface area contributed by atoms with E-state index >= 15 is 0 Å². The molecule has 0 atom stereocenters. The highest BCUT2D eigenvalue weighted by molar-refractivity contribution is 7.18. The second-order valence-corrected chi connectivity index (χ2v) is 5.09. The second-order valence-electron chi connectivity index (χ2n) is 3.37. The average molecular weight is 268 g/mol. The Hall–Kier alpha value is -1.36. The van der Waals surface area contributed by atoms with Gasteiger partial charge in [0.15, 0.2) is 0 Å². The van der Waals surface area contributed by atoms with Gasteiger partial charge in [-0.1, -0.05) is 29.8 Å². The van der Waals surface area contributed by atoms with Crippen molar-refractivity contribution < 1.29 is 9.90 Å². The molecule has 17 heavy (non-hydrogen) atoms. The first-order chi connectivity index (χ1) is 8.20. The zero-order valence-electron chi connectivity index (χ0n) is 8.81. The summed E-state index contributed by atoms with van der Waals surface area (Å²) in [5.74, 6) is -0.220. The number of nitrogens with one attached hydrogen (secondary N) is 1. The van der Waals surface area contributed by atoms with Gasteiger partial charge in [0.1, 0.15) is 0 Å². The third-order valence-electron chi connectivity index (χ3n) is 2.23. The first-order valence-electron chi connectivity index (χ1n) is 4.96. The molecule has 2 N–H and O–H groups in total.